The molecule has 1 amide bonds. The van der Waals surface area contributed by atoms with Crippen LogP contribution in [0.3, 0.4) is 0 Å². The van der Waals surface area contributed by atoms with Crippen LogP contribution in [0.25, 0.3) is 0 Å². The maximum atomic E-state index is 12.4. The molecule has 0 radical (unpaired) electrons. The first-order valence-corrected chi connectivity index (χ1v) is 7.24. The molecule has 1 fully saturated rings. The number of amides is 1. The van der Waals surface area contributed by atoms with Crippen molar-refractivity contribution in [1.82, 2.24) is 4.90 Å². The van der Waals surface area contributed by atoms with E-state index in [1.54, 1.807) is 12.1 Å². The Hall–Kier alpha value is -1.95. The lowest BCUT2D eigenvalue weighted by Gasteiger charge is -2.37. The number of carbonyl (C=O) groups excluding carboxylic acids is 1. The molecule has 0 aromatic heterocycles. The van der Waals surface area contributed by atoms with Crippen LogP contribution in [0.5, 0.6) is 0 Å². The van der Waals surface area contributed by atoms with Crippen LogP contribution in [0.15, 0.2) is 24.3 Å². The maximum absolute atomic E-state index is 12.4. The third kappa shape index (κ3) is 3.78. The Kier molecular flexibility index (Phi) is 4.90. The number of hydrogen-bond donors (Lipinski definition) is 1. The summed E-state index contributed by atoms with van der Waals surface area (Å²) in [4.78, 5) is 24.5. The van der Waals surface area contributed by atoms with Gasteiger partial charge in [-0.15, -0.1) is 0 Å². The first-order chi connectivity index (χ1) is 10.0. The van der Waals surface area contributed by atoms with Crippen LogP contribution in [-0.2, 0) is 11.2 Å². The van der Waals surface area contributed by atoms with E-state index >= 15 is 0 Å². The van der Waals surface area contributed by atoms with E-state index < -0.39 is 4.92 Å². The Balaban J connectivity index is 2.01. The van der Waals surface area contributed by atoms with Gasteiger partial charge in [0.05, 0.1) is 11.3 Å². The van der Waals surface area contributed by atoms with Gasteiger partial charge in [0.15, 0.2) is 0 Å². The Morgan fingerprint density at radius 1 is 1.38 bits per heavy atom. The van der Waals surface area contributed by atoms with E-state index in [1.165, 1.54) is 12.1 Å². The van der Waals surface area contributed by atoms with Crippen LogP contribution in [0, 0.1) is 16.0 Å². The number of non-ortho nitro benzene ring substituents is 1. The van der Waals surface area contributed by atoms with E-state index in [4.69, 9.17) is 5.73 Å². The van der Waals surface area contributed by atoms with Crippen molar-refractivity contribution < 1.29 is 9.72 Å². The molecule has 2 rings (SSSR count). The Morgan fingerprint density at radius 3 is 2.62 bits per heavy atom. The topological polar surface area (TPSA) is 89.5 Å². The van der Waals surface area contributed by atoms with Gasteiger partial charge in [0.25, 0.3) is 5.69 Å². The van der Waals surface area contributed by atoms with Crippen LogP contribution in [0.2, 0.25) is 0 Å². The van der Waals surface area contributed by atoms with Crippen LogP contribution < -0.4 is 5.73 Å². The molecule has 1 saturated heterocycles. The van der Waals surface area contributed by atoms with Gasteiger partial charge < -0.3 is 10.6 Å². The predicted octanol–water partition coefficient (Wildman–Crippen LogP) is 1.72. The van der Waals surface area contributed by atoms with Crippen molar-refractivity contribution in [2.45, 2.75) is 32.2 Å². The zero-order valence-corrected chi connectivity index (χ0v) is 12.2. The number of nitrogens with two attached hydrogens (primary N) is 1. The second kappa shape index (κ2) is 6.67. The maximum Gasteiger partial charge on any atom is 0.269 e. The first kappa shape index (κ1) is 15.4. The number of benzene rings is 1. The van der Waals surface area contributed by atoms with E-state index in [1.807, 2.05) is 4.90 Å². The van der Waals surface area contributed by atoms with Gasteiger partial charge in [0.1, 0.15) is 0 Å². The van der Waals surface area contributed by atoms with Crippen molar-refractivity contribution in [3.8, 4) is 0 Å². The molecular formula is C15H21N3O3. The van der Waals surface area contributed by atoms with Crippen molar-refractivity contribution in [3.05, 3.63) is 39.9 Å². The van der Waals surface area contributed by atoms with Gasteiger partial charge in [-0.3, -0.25) is 14.9 Å². The lowest BCUT2D eigenvalue weighted by molar-refractivity contribution is -0.384. The molecule has 1 aromatic carbocycles. The zero-order valence-electron chi connectivity index (χ0n) is 12.2. The summed E-state index contributed by atoms with van der Waals surface area (Å²) >= 11 is 0. The second-order valence-corrected chi connectivity index (χ2v) is 5.67. The lowest BCUT2D eigenvalue weighted by Crippen LogP contribution is -2.47. The van der Waals surface area contributed by atoms with Gasteiger partial charge in [-0.05, 0) is 37.8 Å². The molecule has 6 heteroatoms. The molecule has 0 saturated carbocycles. The van der Waals surface area contributed by atoms with Gasteiger partial charge in [0, 0.05) is 24.7 Å². The van der Waals surface area contributed by atoms with Crippen LogP contribution in [0.4, 0.5) is 5.69 Å². The lowest BCUT2D eigenvalue weighted by atomic mass is 9.93. The monoisotopic (exact) mass is 291 g/mol. The zero-order chi connectivity index (χ0) is 15.4. The summed E-state index contributed by atoms with van der Waals surface area (Å²) < 4.78 is 0. The van der Waals surface area contributed by atoms with E-state index in [-0.39, 0.29) is 24.1 Å². The fraction of sp³-hybridized carbons (Fsp3) is 0.533. The summed E-state index contributed by atoms with van der Waals surface area (Å²) in [5.41, 5.74) is 6.55. The van der Waals surface area contributed by atoms with Gasteiger partial charge >= 0.3 is 0 Å². The third-order valence-corrected chi connectivity index (χ3v) is 4.14. The first-order valence-electron chi connectivity index (χ1n) is 7.24. The predicted molar refractivity (Wildman–Crippen MR) is 79.8 cm³/mol. The van der Waals surface area contributed by atoms with Crippen LogP contribution in [-0.4, -0.2) is 34.9 Å². The number of nitrogens with zero attached hydrogens (tertiary/aromatic N) is 2. The smallest absolute Gasteiger partial charge is 0.269 e. The number of carbonyl (C=O) groups is 1. The van der Waals surface area contributed by atoms with Crippen LogP contribution in [0.1, 0.15) is 25.3 Å². The third-order valence-electron chi connectivity index (χ3n) is 4.14. The van der Waals surface area contributed by atoms with Crippen molar-refractivity contribution in [2.24, 2.45) is 11.7 Å². The minimum absolute atomic E-state index is 0.0423. The summed E-state index contributed by atoms with van der Waals surface area (Å²) in [5.74, 6) is 0.441. The minimum Gasteiger partial charge on any atom is -0.339 e. The van der Waals surface area contributed by atoms with Crippen molar-refractivity contribution in [3.63, 3.8) is 0 Å². The van der Waals surface area contributed by atoms with Gasteiger partial charge in [-0.25, -0.2) is 0 Å². The molecular weight excluding hydrogens is 270 g/mol. The van der Waals surface area contributed by atoms with Gasteiger partial charge in [-0.2, -0.15) is 0 Å². The highest BCUT2D eigenvalue weighted by Crippen LogP contribution is 2.22. The molecule has 1 aromatic rings. The molecule has 21 heavy (non-hydrogen) atoms. The van der Waals surface area contributed by atoms with Gasteiger partial charge in [0.2, 0.25) is 5.91 Å². The largest absolute Gasteiger partial charge is 0.339 e. The number of rotatable bonds is 4. The molecule has 1 aliphatic rings. The molecule has 2 atom stereocenters. The average Bonchev–Trinajstić information content (AvgIpc) is 2.48. The molecule has 2 N–H and O–H groups in total. The Bertz CT molecular complexity index is 515. The number of piperidine rings is 1. The van der Waals surface area contributed by atoms with E-state index in [0.29, 0.717) is 19.0 Å². The van der Waals surface area contributed by atoms with Gasteiger partial charge in [-0.1, -0.05) is 12.1 Å². The number of hydrogen-bond acceptors (Lipinski definition) is 4. The van der Waals surface area contributed by atoms with Crippen molar-refractivity contribution in [2.75, 3.05) is 13.1 Å². The molecule has 6 nitrogen and oxygen atoms in total. The normalized spacial score (nSPS) is 22.1. The van der Waals surface area contributed by atoms with Crippen molar-refractivity contribution in [1.29, 1.82) is 0 Å². The number of likely N-dealkylation sites (tertiary alicyclic amines) is 1. The fourth-order valence-electron chi connectivity index (χ4n) is 2.73. The standard InChI is InChI=1S/C15H21N3O3/c1-11-2-3-13(9-16)10-17(11)15(19)8-12-4-6-14(7-5-12)18(20)21/h4-7,11,13H,2-3,8-10,16H2,1H3. The fourth-order valence-corrected chi connectivity index (χ4v) is 2.73. The molecule has 0 spiro atoms. The van der Waals surface area contributed by atoms with E-state index in [0.717, 1.165) is 18.4 Å². The quantitative estimate of drug-likeness (QED) is 0.675. The van der Waals surface area contributed by atoms with E-state index in [9.17, 15) is 14.9 Å². The highest BCUT2D eigenvalue weighted by Gasteiger charge is 2.28. The van der Waals surface area contributed by atoms with E-state index in [2.05, 4.69) is 6.92 Å². The molecule has 0 bridgehead atoms. The molecule has 0 aliphatic carbocycles. The van der Waals surface area contributed by atoms with Crippen LogP contribution >= 0.6 is 0 Å². The summed E-state index contributed by atoms with van der Waals surface area (Å²) in [5, 5.41) is 10.6. The highest BCUT2D eigenvalue weighted by molar-refractivity contribution is 5.79. The number of nitro benzene ring substituents is 1. The SMILES string of the molecule is CC1CCC(CN)CN1C(=O)Cc1ccc([N+](=O)[O-])cc1. The highest BCUT2D eigenvalue weighted by atomic mass is 16.6. The summed E-state index contributed by atoms with van der Waals surface area (Å²) in [6.45, 7) is 3.37. The molecule has 2 unspecified atom stereocenters. The minimum atomic E-state index is -0.440. The van der Waals surface area contributed by atoms with Crippen molar-refractivity contribution >= 4 is 11.6 Å². The molecule has 114 valence electrons. The Morgan fingerprint density at radius 2 is 2.05 bits per heavy atom. The molecule has 1 aliphatic heterocycles. The summed E-state index contributed by atoms with van der Waals surface area (Å²) in [7, 11) is 0. The average molecular weight is 291 g/mol. The summed E-state index contributed by atoms with van der Waals surface area (Å²) in [6.07, 6.45) is 2.33. The number of nitro groups is 1. The molecule has 1 heterocycles. The summed E-state index contributed by atoms with van der Waals surface area (Å²) in [6, 6.07) is 6.39. The Labute approximate surface area is 124 Å². The second-order valence-electron chi connectivity index (χ2n) is 5.67.